The molecule has 0 radical (unpaired) electrons. The molecule has 1 nitrogen and oxygen atoms in total. The summed E-state index contributed by atoms with van der Waals surface area (Å²) in [5.41, 5.74) is 0.764. The molecule has 82 valence electrons. The summed E-state index contributed by atoms with van der Waals surface area (Å²) in [6.45, 7) is 4.13. The van der Waals surface area contributed by atoms with Gasteiger partial charge in [-0.3, -0.25) is 4.79 Å². The number of carbonyl (C=O) groups is 1. The van der Waals surface area contributed by atoms with Crippen LogP contribution in [0, 0.1) is 5.92 Å². The van der Waals surface area contributed by atoms with Crippen molar-refractivity contribution in [2.75, 3.05) is 0 Å². The predicted molar refractivity (Wildman–Crippen MR) is 54.9 cm³/mol. The van der Waals surface area contributed by atoms with Crippen LogP contribution in [-0.4, -0.2) is 6.29 Å². The van der Waals surface area contributed by atoms with Crippen molar-refractivity contribution in [1.82, 2.24) is 0 Å². The molecule has 0 N–H and O–H groups in total. The van der Waals surface area contributed by atoms with E-state index in [1.165, 1.54) is 12.1 Å². The third-order valence-corrected chi connectivity index (χ3v) is 2.13. The average Bonchev–Trinajstić information content (AvgIpc) is 2.18. The van der Waals surface area contributed by atoms with E-state index in [1.54, 1.807) is 12.1 Å². The molecule has 0 saturated heterocycles. The Hall–Kier alpha value is -1.25. The van der Waals surface area contributed by atoms with Crippen LogP contribution in [0.3, 0.4) is 0 Å². The average molecular weight is 212 g/mol. The van der Waals surface area contributed by atoms with Gasteiger partial charge in [0.15, 0.2) is 6.29 Å². The second-order valence-corrected chi connectivity index (χ2v) is 4.04. The molecule has 0 heterocycles. The highest BCUT2D eigenvalue weighted by molar-refractivity contribution is 5.63. The minimum absolute atomic E-state index is 0.245. The molecule has 3 heteroatoms. The van der Waals surface area contributed by atoms with Gasteiger partial charge in [-0.05, 0) is 17.9 Å². The van der Waals surface area contributed by atoms with E-state index >= 15 is 0 Å². The molecule has 1 rings (SSSR count). The molecule has 0 spiro atoms. The number of carbonyl (C=O) groups excluding carboxylic acids is 1. The Morgan fingerprint density at radius 2 is 1.80 bits per heavy atom. The van der Waals surface area contributed by atoms with Crippen LogP contribution in [0.4, 0.5) is 8.78 Å². The first-order valence-electron chi connectivity index (χ1n) is 4.89. The molecule has 0 aliphatic carbocycles. The van der Waals surface area contributed by atoms with Gasteiger partial charge >= 0.3 is 5.92 Å². The Labute approximate surface area is 88.1 Å². The largest absolute Gasteiger partial charge is 0.327 e. The summed E-state index contributed by atoms with van der Waals surface area (Å²) >= 11 is 0. The van der Waals surface area contributed by atoms with E-state index in [9.17, 15) is 13.6 Å². The number of hydrogen-bond acceptors (Lipinski definition) is 1. The lowest BCUT2D eigenvalue weighted by molar-refractivity contribution is -0.130. The number of alkyl halides is 2. The third kappa shape index (κ3) is 3.11. The molecule has 1 aromatic rings. The molecule has 0 amide bonds. The Bertz CT molecular complexity index is 328. The lowest BCUT2D eigenvalue weighted by atomic mass is 10.0. The molecule has 0 bridgehead atoms. The molecule has 15 heavy (non-hydrogen) atoms. The molecule has 0 atom stereocenters. The third-order valence-electron chi connectivity index (χ3n) is 2.13. The number of halogens is 2. The monoisotopic (exact) mass is 212 g/mol. The maximum atomic E-state index is 12.9. The van der Waals surface area contributed by atoms with Gasteiger partial charge in [0.05, 0.1) is 0 Å². The van der Waals surface area contributed by atoms with E-state index in [0.29, 0.717) is 5.92 Å². The zero-order chi connectivity index (χ0) is 11.5. The summed E-state index contributed by atoms with van der Waals surface area (Å²) in [4.78, 5) is 10.1. The standard InChI is InChI=1S/C12H14F2O/c1-9(2)7-10-3-5-11(6-4-10)12(13,14)8-15/h3-6,8-9H,7H2,1-2H3. The van der Waals surface area contributed by atoms with E-state index in [-0.39, 0.29) is 11.8 Å². The van der Waals surface area contributed by atoms with Crippen LogP contribution >= 0.6 is 0 Å². The van der Waals surface area contributed by atoms with E-state index in [4.69, 9.17) is 0 Å². The highest BCUT2D eigenvalue weighted by atomic mass is 19.3. The Morgan fingerprint density at radius 3 is 2.20 bits per heavy atom. The lowest BCUT2D eigenvalue weighted by Crippen LogP contribution is -2.14. The van der Waals surface area contributed by atoms with Crippen LogP contribution in [0.2, 0.25) is 0 Å². The summed E-state index contributed by atoms with van der Waals surface area (Å²) in [6, 6.07) is 5.91. The van der Waals surface area contributed by atoms with Crippen molar-refractivity contribution < 1.29 is 13.6 Å². The highest BCUT2D eigenvalue weighted by Gasteiger charge is 2.30. The molecule has 0 saturated carbocycles. The summed E-state index contributed by atoms with van der Waals surface area (Å²) in [5.74, 6) is -2.88. The van der Waals surface area contributed by atoms with Gasteiger partial charge in [0, 0.05) is 5.56 Å². The van der Waals surface area contributed by atoms with Crippen LogP contribution in [0.15, 0.2) is 24.3 Å². The van der Waals surface area contributed by atoms with Crippen LogP contribution < -0.4 is 0 Å². The van der Waals surface area contributed by atoms with E-state index in [2.05, 4.69) is 13.8 Å². The fourth-order valence-electron chi connectivity index (χ4n) is 1.40. The molecule has 0 unspecified atom stereocenters. The molecule has 0 aliphatic rings. The van der Waals surface area contributed by atoms with Gasteiger partial charge in [0.2, 0.25) is 0 Å². The summed E-state index contributed by atoms with van der Waals surface area (Å²) < 4.78 is 25.8. The van der Waals surface area contributed by atoms with Crippen molar-refractivity contribution >= 4 is 6.29 Å². The van der Waals surface area contributed by atoms with Gasteiger partial charge < -0.3 is 0 Å². The second kappa shape index (κ2) is 4.51. The first-order chi connectivity index (χ1) is 6.95. The van der Waals surface area contributed by atoms with Crippen LogP contribution in [0.5, 0.6) is 0 Å². The maximum Gasteiger partial charge on any atom is 0.327 e. The summed E-state index contributed by atoms with van der Waals surface area (Å²) in [5, 5.41) is 0. The van der Waals surface area contributed by atoms with Gasteiger partial charge in [-0.15, -0.1) is 0 Å². The lowest BCUT2D eigenvalue weighted by Gasteiger charge is -2.10. The number of rotatable bonds is 4. The SMILES string of the molecule is CC(C)Cc1ccc(C(F)(F)C=O)cc1. The number of hydrogen-bond donors (Lipinski definition) is 0. The fraction of sp³-hybridized carbons (Fsp3) is 0.417. The Balaban J connectivity index is 2.85. The first-order valence-corrected chi connectivity index (χ1v) is 4.89. The van der Waals surface area contributed by atoms with Crippen molar-refractivity contribution in [1.29, 1.82) is 0 Å². The topological polar surface area (TPSA) is 17.1 Å². The number of aldehydes is 1. The van der Waals surface area contributed by atoms with Crippen molar-refractivity contribution in [2.24, 2.45) is 5.92 Å². The van der Waals surface area contributed by atoms with E-state index in [1.807, 2.05) is 0 Å². The Kier molecular flexibility index (Phi) is 3.56. The normalized spacial score (nSPS) is 11.8. The Morgan fingerprint density at radius 1 is 1.27 bits per heavy atom. The van der Waals surface area contributed by atoms with Crippen molar-refractivity contribution in [3.05, 3.63) is 35.4 Å². The van der Waals surface area contributed by atoms with Crippen LogP contribution in [-0.2, 0) is 17.1 Å². The van der Waals surface area contributed by atoms with Crippen molar-refractivity contribution in [3.63, 3.8) is 0 Å². The van der Waals surface area contributed by atoms with E-state index < -0.39 is 5.92 Å². The second-order valence-electron chi connectivity index (χ2n) is 4.04. The molecule has 0 aliphatic heterocycles. The highest BCUT2D eigenvalue weighted by Crippen LogP contribution is 2.25. The minimum Gasteiger partial charge on any atom is -0.296 e. The first kappa shape index (κ1) is 11.8. The molecule has 1 aromatic carbocycles. The smallest absolute Gasteiger partial charge is 0.296 e. The molecular weight excluding hydrogens is 198 g/mol. The zero-order valence-electron chi connectivity index (χ0n) is 8.84. The van der Waals surface area contributed by atoms with Crippen LogP contribution in [0.1, 0.15) is 25.0 Å². The zero-order valence-corrected chi connectivity index (χ0v) is 8.84. The molecule has 0 fully saturated rings. The predicted octanol–water partition coefficient (Wildman–Crippen LogP) is 3.18. The molecular formula is C12H14F2O. The van der Waals surface area contributed by atoms with Gasteiger partial charge in [-0.2, -0.15) is 8.78 Å². The van der Waals surface area contributed by atoms with Gasteiger partial charge in [-0.25, -0.2) is 0 Å². The maximum absolute atomic E-state index is 12.9. The fourth-order valence-corrected chi connectivity index (χ4v) is 1.40. The van der Waals surface area contributed by atoms with Gasteiger partial charge in [0.25, 0.3) is 0 Å². The van der Waals surface area contributed by atoms with E-state index in [0.717, 1.165) is 12.0 Å². The number of benzene rings is 1. The summed E-state index contributed by atoms with van der Waals surface area (Å²) in [6.07, 6.45) is 0.525. The minimum atomic E-state index is -3.36. The van der Waals surface area contributed by atoms with Gasteiger partial charge in [0.1, 0.15) is 0 Å². The van der Waals surface area contributed by atoms with Crippen molar-refractivity contribution in [2.45, 2.75) is 26.2 Å². The quantitative estimate of drug-likeness (QED) is 0.700. The van der Waals surface area contributed by atoms with Crippen molar-refractivity contribution in [3.8, 4) is 0 Å². The van der Waals surface area contributed by atoms with Gasteiger partial charge in [-0.1, -0.05) is 38.1 Å². The summed E-state index contributed by atoms with van der Waals surface area (Å²) in [7, 11) is 0. The molecule has 0 aromatic heterocycles. The van der Waals surface area contributed by atoms with Crippen LogP contribution in [0.25, 0.3) is 0 Å².